The number of fused-ring (bicyclic) bond motifs is 1. The van der Waals surface area contributed by atoms with Gasteiger partial charge in [0.25, 0.3) is 0 Å². The fraction of sp³-hybridized carbons (Fsp3) is 0.250. The number of hydrogen-bond acceptors (Lipinski definition) is 4. The van der Waals surface area contributed by atoms with Gasteiger partial charge in [0, 0.05) is 31.8 Å². The van der Waals surface area contributed by atoms with Crippen molar-refractivity contribution in [3.8, 4) is 11.5 Å². The number of carbonyl (C=O) groups is 2. The summed E-state index contributed by atoms with van der Waals surface area (Å²) < 4.78 is 10.7. The molecule has 0 N–H and O–H groups in total. The van der Waals surface area contributed by atoms with E-state index in [0.29, 0.717) is 23.7 Å². The van der Waals surface area contributed by atoms with Gasteiger partial charge in [-0.25, -0.2) is 0 Å². The van der Waals surface area contributed by atoms with Crippen molar-refractivity contribution in [3.63, 3.8) is 0 Å². The van der Waals surface area contributed by atoms with Crippen LogP contribution in [0.2, 0.25) is 0 Å². The summed E-state index contributed by atoms with van der Waals surface area (Å²) in [7, 11) is 4.88. The van der Waals surface area contributed by atoms with Gasteiger partial charge in [0.2, 0.25) is 11.8 Å². The number of nitrogens with zero attached hydrogens (tertiary/aromatic N) is 2. The van der Waals surface area contributed by atoms with Gasteiger partial charge in [-0.1, -0.05) is 30.3 Å². The zero-order chi connectivity index (χ0) is 21.3. The summed E-state index contributed by atoms with van der Waals surface area (Å²) in [6.45, 7) is 0.305. The highest BCUT2D eigenvalue weighted by Gasteiger charge is 2.38. The Hall–Kier alpha value is -3.54. The maximum absolute atomic E-state index is 13.2. The lowest BCUT2D eigenvalue weighted by molar-refractivity contribution is -0.124. The minimum absolute atomic E-state index is 0.0806. The third-order valence-electron chi connectivity index (χ3n) is 5.60. The van der Waals surface area contributed by atoms with Crippen LogP contribution in [0.25, 0.3) is 10.8 Å². The molecular formula is C24H24N2O4. The molecule has 0 saturated carbocycles. The molecule has 6 heteroatoms. The van der Waals surface area contributed by atoms with Crippen molar-refractivity contribution in [2.75, 3.05) is 37.6 Å². The molecule has 3 aromatic rings. The van der Waals surface area contributed by atoms with Gasteiger partial charge in [-0.2, -0.15) is 0 Å². The first-order chi connectivity index (χ1) is 14.5. The molecule has 1 aliphatic heterocycles. The van der Waals surface area contributed by atoms with E-state index in [1.807, 2.05) is 42.5 Å². The van der Waals surface area contributed by atoms with Crippen LogP contribution in [-0.4, -0.2) is 39.6 Å². The second kappa shape index (κ2) is 8.06. The number of ether oxygens (including phenoxy) is 2. The predicted molar refractivity (Wildman–Crippen MR) is 117 cm³/mol. The zero-order valence-corrected chi connectivity index (χ0v) is 17.3. The van der Waals surface area contributed by atoms with Gasteiger partial charge in [-0.15, -0.1) is 0 Å². The number of methoxy groups -OCH3 is 2. The Morgan fingerprint density at radius 1 is 1.00 bits per heavy atom. The Bertz CT molecular complexity index is 1110. The van der Waals surface area contributed by atoms with E-state index in [4.69, 9.17) is 9.47 Å². The average Bonchev–Trinajstić information content (AvgIpc) is 3.18. The van der Waals surface area contributed by atoms with Crippen molar-refractivity contribution in [1.82, 2.24) is 0 Å². The molecule has 30 heavy (non-hydrogen) atoms. The molecule has 4 rings (SSSR count). The van der Waals surface area contributed by atoms with Crippen LogP contribution in [-0.2, 0) is 9.59 Å². The highest BCUT2D eigenvalue weighted by Crippen LogP contribution is 2.36. The highest BCUT2D eigenvalue weighted by atomic mass is 16.5. The quantitative estimate of drug-likeness (QED) is 0.648. The largest absolute Gasteiger partial charge is 0.497 e. The molecule has 1 aliphatic rings. The van der Waals surface area contributed by atoms with Crippen LogP contribution in [0.3, 0.4) is 0 Å². The van der Waals surface area contributed by atoms with Crippen LogP contribution < -0.4 is 19.3 Å². The normalized spacial score (nSPS) is 16.0. The first kappa shape index (κ1) is 19.8. The maximum atomic E-state index is 13.2. The smallest absolute Gasteiger partial charge is 0.232 e. The van der Waals surface area contributed by atoms with Gasteiger partial charge < -0.3 is 19.3 Å². The Morgan fingerprint density at radius 3 is 2.50 bits per heavy atom. The monoisotopic (exact) mass is 404 g/mol. The Balaban J connectivity index is 1.56. The van der Waals surface area contributed by atoms with Crippen LogP contribution in [0.1, 0.15) is 6.42 Å². The average molecular weight is 404 g/mol. The van der Waals surface area contributed by atoms with Gasteiger partial charge in [0.05, 0.1) is 25.8 Å². The number of rotatable bonds is 5. The van der Waals surface area contributed by atoms with E-state index < -0.39 is 5.92 Å². The summed E-state index contributed by atoms with van der Waals surface area (Å²) in [5, 5.41) is 2.19. The third-order valence-corrected chi connectivity index (χ3v) is 5.60. The predicted octanol–water partition coefficient (Wildman–Crippen LogP) is 3.87. The van der Waals surface area contributed by atoms with Gasteiger partial charge in [0.1, 0.15) is 11.5 Å². The number of benzene rings is 3. The summed E-state index contributed by atoms with van der Waals surface area (Å²) in [6.07, 6.45) is 0.164. The SMILES string of the molecule is COc1ccc(OC)c(N2CC(C(=O)N(C)c3ccc4ccccc4c3)CC2=O)c1. The summed E-state index contributed by atoms with van der Waals surface area (Å²) >= 11 is 0. The number of amides is 2. The van der Waals surface area contributed by atoms with E-state index in [-0.39, 0.29) is 18.2 Å². The summed E-state index contributed by atoms with van der Waals surface area (Å²) in [4.78, 5) is 29.2. The lowest BCUT2D eigenvalue weighted by Crippen LogP contribution is -2.34. The molecule has 6 nitrogen and oxygen atoms in total. The maximum Gasteiger partial charge on any atom is 0.232 e. The van der Waals surface area contributed by atoms with Crippen molar-refractivity contribution in [1.29, 1.82) is 0 Å². The van der Waals surface area contributed by atoms with E-state index in [1.54, 1.807) is 49.3 Å². The van der Waals surface area contributed by atoms with Gasteiger partial charge >= 0.3 is 0 Å². The molecule has 1 atom stereocenters. The molecule has 154 valence electrons. The van der Waals surface area contributed by atoms with E-state index in [9.17, 15) is 9.59 Å². The van der Waals surface area contributed by atoms with Crippen molar-refractivity contribution in [2.24, 2.45) is 5.92 Å². The van der Waals surface area contributed by atoms with Crippen LogP contribution >= 0.6 is 0 Å². The molecular weight excluding hydrogens is 380 g/mol. The van der Waals surface area contributed by atoms with Crippen LogP contribution in [0.15, 0.2) is 60.7 Å². The van der Waals surface area contributed by atoms with E-state index in [0.717, 1.165) is 16.5 Å². The minimum atomic E-state index is -0.426. The summed E-state index contributed by atoms with van der Waals surface area (Å²) in [5.41, 5.74) is 1.43. The van der Waals surface area contributed by atoms with Gasteiger partial charge in [0.15, 0.2) is 0 Å². The molecule has 2 amide bonds. The van der Waals surface area contributed by atoms with E-state index in [2.05, 4.69) is 0 Å². The Kier molecular flexibility index (Phi) is 5.31. The molecule has 1 heterocycles. The lowest BCUT2D eigenvalue weighted by Gasteiger charge is -2.23. The molecule has 0 aliphatic carbocycles. The second-order valence-electron chi connectivity index (χ2n) is 7.37. The topological polar surface area (TPSA) is 59.1 Å². The number of anilines is 2. The minimum Gasteiger partial charge on any atom is -0.497 e. The second-order valence-corrected chi connectivity index (χ2v) is 7.37. The Morgan fingerprint density at radius 2 is 1.77 bits per heavy atom. The van der Waals surface area contributed by atoms with E-state index >= 15 is 0 Å². The van der Waals surface area contributed by atoms with Crippen LogP contribution in [0.5, 0.6) is 11.5 Å². The molecule has 0 bridgehead atoms. The van der Waals surface area contributed by atoms with E-state index in [1.165, 1.54) is 0 Å². The van der Waals surface area contributed by atoms with Crippen LogP contribution in [0.4, 0.5) is 11.4 Å². The standard InChI is InChI=1S/C24H24N2O4/c1-25(19-9-8-16-6-4-5-7-17(16)12-19)24(28)18-13-23(27)26(15-18)21-14-20(29-2)10-11-22(21)30-3/h4-12,14,18H,13,15H2,1-3H3. The van der Waals surface area contributed by atoms with Gasteiger partial charge in [-0.3, -0.25) is 9.59 Å². The summed E-state index contributed by atoms with van der Waals surface area (Å²) in [6, 6.07) is 19.2. The fourth-order valence-corrected chi connectivity index (χ4v) is 3.90. The molecule has 1 unspecified atom stereocenters. The Labute approximate surface area is 175 Å². The zero-order valence-electron chi connectivity index (χ0n) is 17.3. The van der Waals surface area contributed by atoms with Crippen molar-refractivity contribution >= 4 is 34.0 Å². The summed E-state index contributed by atoms with van der Waals surface area (Å²) in [5.74, 6) is 0.585. The molecule has 0 spiro atoms. The van der Waals surface area contributed by atoms with Crippen molar-refractivity contribution in [2.45, 2.75) is 6.42 Å². The molecule has 1 saturated heterocycles. The lowest BCUT2D eigenvalue weighted by atomic mass is 10.1. The molecule has 3 aromatic carbocycles. The number of hydrogen-bond donors (Lipinski definition) is 0. The molecule has 0 radical (unpaired) electrons. The third kappa shape index (κ3) is 3.56. The van der Waals surface area contributed by atoms with Crippen molar-refractivity contribution in [3.05, 3.63) is 60.7 Å². The molecule has 1 fully saturated rings. The van der Waals surface area contributed by atoms with Crippen LogP contribution in [0, 0.1) is 5.92 Å². The van der Waals surface area contributed by atoms with Gasteiger partial charge in [-0.05, 0) is 35.0 Å². The first-order valence-electron chi connectivity index (χ1n) is 9.80. The molecule has 0 aromatic heterocycles. The van der Waals surface area contributed by atoms with Crippen molar-refractivity contribution < 1.29 is 19.1 Å². The highest BCUT2D eigenvalue weighted by molar-refractivity contribution is 6.05. The first-order valence-corrected chi connectivity index (χ1v) is 9.80. The number of carbonyl (C=O) groups excluding carboxylic acids is 2. The fourth-order valence-electron chi connectivity index (χ4n) is 3.90.